The van der Waals surface area contributed by atoms with Crippen LogP contribution in [0, 0.1) is 5.92 Å². The monoisotopic (exact) mass is 210 g/mol. The molecule has 0 N–H and O–H groups in total. The van der Waals surface area contributed by atoms with Gasteiger partial charge in [-0.25, -0.2) is 0 Å². The lowest BCUT2D eigenvalue weighted by Gasteiger charge is -2.23. The minimum absolute atomic E-state index is 0.398. The molecule has 0 spiro atoms. The highest BCUT2D eigenvalue weighted by Crippen LogP contribution is 2.30. The van der Waals surface area contributed by atoms with E-state index in [0.29, 0.717) is 11.7 Å². The Bertz CT molecular complexity index is 203. The van der Waals surface area contributed by atoms with Crippen LogP contribution in [-0.2, 0) is 4.79 Å². The molecule has 1 saturated carbocycles. The Morgan fingerprint density at radius 2 is 2.07 bits per heavy atom. The molecule has 1 rings (SSSR count). The fourth-order valence-electron chi connectivity index (χ4n) is 2.18. The second kappa shape index (κ2) is 8.70. The van der Waals surface area contributed by atoms with E-state index in [4.69, 9.17) is 0 Å². The molecular formula is C14H26O. The summed E-state index contributed by atoms with van der Waals surface area (Å²) in [6.45, 7) is 8.21. The summed E-state index contributed by atoms with van der Waals surface area (Å²) in [5.41, 5.74) is 1.11. The maximum absolute atomic E-state index is 11.5. The lowest BCUT2D eigenvalue weighted by Crippen LogP contribution is -2.18. The zero-order valence-electron chi connectivity index (χ0n) is 10.8. The summed E-state index contributed by atoms with van der Waals surface area (Å²) in [4.78, 5) is 11.5. The largest absolute Gasteiger partial charge is 0.295 e. The first kappa shape index (κ1) is 14.4. The minimum Gasteiger partial charge on any atom is -0.295 e. The topological polar surface area (TPSA) is 17.1 Å². The van der Waals surface area contributed by atoms with Gasteiger partial charge in [-0.15, -0.1) is 0 Å². The SMILES string of the molecule is C/C=C1/C(=O)CCCC1CCCC.CC. The maximum Gasteiger partial charge on any atom is 0.158 e. The summed E-state index contributed by atoms with van der Waals surface area (Å²) in [6, 6.07) is 0. The average Bonchev–Trinajstić information content (AvgIpc) is 2.29. The Hall–Kier alpha value is -0.590. The summed E-state index contributed by atoms with van der Waals surface area (Å²) in [6.07, 6.45) is 8.85. The van der Waals surface area contributed by atoms with Gasteiger partial charge in [0.1, 0.15) is 0 Å². The van der Waals surface area contributed by atoms with Crippen LogP contribution in [-0.4, -0.2) is 5.78 Å². The van der Waals surface area contributed by atoms with Crippen molar-refractivity contribution in [3.63, 3.8) is 0 Å². The average molecular weight is 210 g/mol. The van der Waals surface area contributed by atoms with Crippen molar-refractivity contribution in [1.29, 1.82) is 0 Å². The second-order valence-electron chi connectivity index (χ2n) is 3.90. The van der Waals surface area contributed by atoms with E-state index in [1.54, 1.807) is 0 Å². The molecule has 1 unspecified atom stereocenters. The van der Waals surface area contributed by atoms with Crippen LogP contribution in [0.5, 0.6) is 0 Å². The number of ketones is 1. The van der Waals surface area contributed by atoms with Crippen molar-refractivity contribution in [3.8, 4) is 0 Å². The van der Waals surface area contributed by atoms with E-state index in [0.717, 1.165) is 18.4 Å². The molecular weight excluding hydrogens is 184 g/mol. The van der Waals surface area contributed by atoms with Gasteiger partial charge in [0.25, 0.3) is 0 Å². The minimum atomic E-state index is 0.398. The van der Waals surface area contributed by atoms with Crippen LogP contribution in [0.15, 0.2) is 11.6 Å². The quantitative estimate of drug-likeness (QED) is 0.626. The number of hydrogen-bond donors (Lipinski definition) is 0. The standard InChI is InChI=1S/C12H20O.C2H6/c1-3-5-7-10-8-6-9-12(13)11(10)4-2;1-2/h4,10H,3,5-9H2,1-2H3;1-2H3/b11-4+;. The van der Waals surface area contributed by atoms with E-state index in [9.17, 15) is 4.79 Å². The number of allylic oxidation sites excluding steroid dienone is 2. The number of rotatable bonds is 3. The first-order chi connectivity index (χ1) is 7.29. The number of carbonyl (C=O) groups is 1. The number of Topliss-reactive ketones (excluding diaryl/α,β-unsaturated/α-hetero) is 1. The van der Waals surface area contributed by atoms with Gasteiger partial charge < -0.3 is 0 Å². The normalized spacial score (nSPS) is 23.6. The van der Waals surface area contributed by atoms with Crippen LogP contribution in [0.4, 0.5) is 0 Å². The van der Waals surface area contributed by atoms with Crippen molar-refractivity contribution in [2.45, 2.75) is 66.2 Å². The molecule has 0 radical (unpaired) electrons. The summed E-state index contributed by atoms with van der Waals surface area (Å²) in [5.74, 6) is 0.973. The fraction of sp³-hybridized carbons (Fsp3) is 0.786. The van der Waals surface area contributed by atoms with Crippen molar-refractivity contribution in [1.82, 2.24) is 0 Å². The molecule has 0 amide bonds. The van der Waals surface area contributed by atoms with Gasteiger partial charge in [0.05, 0.1) is 0 Å². The molecule has 1 fully saturated rings. The molecule has 0 aromatic heterocycles. The van der Waals surface area contributed by atoms with E-state index in [1.807, 2.05) is 26.8 Å². The third-order valence-corrected chi connectivity index (χ3v) is 2.94. The van der Waals surface area contributed by atoms with Crippen LogP contribution in [0.3, 0.4) is 0 Å². The van der Waals surface area contributed by atoms with Crippen LogP contribution in [0.2, 0.25) is 0 Å². The summed E-state index contributed by atoms with van der Waals surface area (Å²) < 4.78 is 0. The van der Waals surface area contributed by atoms with Crippen molar-refractivity contribution >= 4 is 5.78 Å². The Labute approximate surface area is 95.0 Å². The van der Waals surface area contributed by atoms with Crippen molar-refractivity contribution in [2.24, 2.45) is 5.92 Å². The van der Waals surface area contributed by atoms with Crippen molar-refractivity contribution < 1.29 is 4.79 Å². The number of hydrogen-bond acceptors (Lipinski definition) is 1. The Morgan fingerprint density at radius 3 is 2.60 bits per heavy atom. The highest BCUT2D eigenvalue weighted by atomic mass is 16.1. The molecule has 0 saturated heterocycles. The zero-order chi connectivity index (χ0) is 11.7. The van der Waals surface area contributed by atoms with Gasteiger partial charge in [0, 0.05) is 6.42 Å². The van der Waals surface area contributed by atoms with Crippen LogP contribution < -0.4 is 0 Å². The number of carbonyl (C=O) groups excluding carboxylic acids is 1. The van der Waals surface area contributed by atoms with Gasteiger partial charge in [0.15, 0.2) is 5.78 Å². The molecule has 0 aromatic rings. The lowest BCUT2D eigenvalue weighted by atomic mass is 9.80. The first-order valence-electron chi connectivity index (χ1n) is 6.49. The molecule has 15 heavy (non-hydrogen) atoms. The van der Waals surface area contributed by atoms with E-state index in [2.05, 4.69) is 6.92 Å². The molecule has 0 aromatic carbocycles. The molecule has 0 bridgehead atoms. The molecule has 0 heterocycles. The third-order valence-electron chi connectivity index (χ3n) is 2.94. The first-order valence-corrected chi connectivity index (χ1v) is 6.49. The predicted molar refractivity (Wildman–Crippen MR) is 67.0 cm³/mol. The Morgan fingerprint density at radius 1 is 1.40 bits per heavy atom. The molecule has 88 valence electrons. The van der Waals surface area contributed by atoms with E-state index < -0.39 is 0 Å². The fourth-order valence-corrected chi connectivity index (χ4v) is 2.18. The Balaban J connectivity index is 0.000000921. The van der Waals surface area contributed by atoms with Crippen LogP contribution in [0.1, 0.15) is 66.2 Å². The molecule has 1 heteroatoms. The third kappa shape index (κ3) is 4.63. The molecule has 1 nitrogen and oxygen atoms in total. The highest BCUT2D eigenvalue weighted by Gasteiger charge is 2.23. The smallest absolute Gasteiger partial charge is 0.158 e. The highest BCUT2D eigenvalue weighted by molar-refractivity contribution is 5.96. The summed E-state index contributed by atoms with van der Waals surface area (Å²) in [7, 11) is 0. The van der Waals surface area contributed by atoms with E-state index >= 15 is 0 Å². The molecule has 1 aliphatic rings. The van der Waals surface area contributed by atoms with Gasteiger partial charge in [-0.1, -0.05) is 39.7 Å². The Kier molecular flexibility index (Phi) is 8.35. The molecule has 1 aliphatic carbocycles. The number of unbranched alkanes of at least 4 members (excludes halogenated alkanes) is 1. The van der Waals surface area contributed by atoms with Crippen molar-refractivity contribution in [3.05, 3.63) is 11.6 Å². The molecule has 0 aliphatic heterocycles. The second-order valence-corrected chi connectivity index (χ2v) is 3.90. The van der Waals surface area contributed by atoms with Gasteiger partial charge in [-0.2, -0.15) is 0 Å². The summed E-state index contributed by atoms with van der Waals surface area (Å²) >= 11 is 0. The maximum atomic E-state index is 11.5. The van der Waals surface area contributed by atoms with Gasteiger partial charge >= 0.3 is 0 Å². The molecule has 1 atom stereocenters. The van der Waals surface area contributed by atoms with Gasteiger partial charge in [0.2, 0.25) is 0 Å². The van der Waals surface area contributed by atoms with Crippen molar-refractivity contribution in [2.75, 3.05) is 0 Å². The van der Waals surface area contributed by atoms with Gasteiger partial charge in [-0.05, 0) is 37.7 Å². The zero-order valence-corrected chi connectivity index (χ0v) is 10.8. The summed E-state index contributed by atoms with van der Waals surface area (Å²) in [5, 5.41) is 0. The lowest BCUT2D eigenvalue weighted by molar-refractivity contribution is -0.117. The van der Waals surface area contributed by atoms with E-state index in [1.165, 1.54) is 25.7 Å². The van der Waals surface area contributed by atoms with Gasteiger partial charge in [-0.3, -0.25) is 4.79 Å². The predicted octanol–water partition coefficient (Wildman–Crippen LogP) is 4.52. The van der Waals surface area contributed by atoms with Crippen LogP contribution in [0.25, 0.3) is 0 Å². The van der Waals surface area contributed by atoms with E-state index in [-0.39, 0.29) is 0 Å². The van der Waals surface area contributed by atoms with Crippen LogP contribution >= 0.6 is 0 Å².